The van der Waals surface area contributed by atoms with E-state index in [1.165, 1.54) is 0 Å². The molecular formula is C18H15N3O2. The van der Waals surface area contributed by atoms with E-state index in [1.807, 2.05) is 61.7 Å². The number of nitrogens with one attached hydrogen (secondary N) is 1. The summed E-state index contributed by atoms with van der Waals surface area (Å²) in [7, 11) is 0. The van der Waals surface area contributed by atoms with Crippen molar-refractivity contribution in [2.24, 2.45) is 0 Å². The Morgan fingerprint density at radius 1 is 1.13 bits per heavy atom. The van der Waals surface area contributed by atoms with Gasteiger partial charge >= 0.3 is 0 Å². The largest absolute Gasteiger partial charge is 0.454 e. The molecule has 5 heteroatoms. The fourth-order valence-electron chi connectivity index (χ4n) is 2.62. The quantitative estimate of drug-likeness (QED) is 0.797. The lowest BCUT2D eigenvalue weighted by Gasteiger charge is -2.04. The lowest BCUT2D eigenvalue weighted by atomic mass is 10.0. The summed E-state index contributed by atoms with van der Waals surface area (Å²) >= 11 is 0. The smallest absolute Gasteiger partial charge is 0.231 e. The number of hydrogen-bond donors (Lipinski definition) is 1. The summed E-state index contributed by atoms with van der Waals surface area (Å²) in [5.74, 6) is 1.53. The minimum absolute atomic E-state index is 0.268. The number of ether oxygens (including phenoxy) is 2. The maximum Gasteiger partial charge on any atom is 0.231 e. The Morgan fingerprint density at radius 3 is 2.96 bits per heavy atom. The van der Waals surface area contributed by atoms with Crippen molar-refractivity contribution in [1.82, 2.24) is 15.2 Å². The van der Waals surface area contributed by atoms with Crippen LogP contribution in [0.25, 0.3) is 28.6 Å². The predicted molar refractivity (Wildman–Crippen MR) is 88.1 cm³/mol. The summed E-state index contributed by atoms with van der Waals surface area (Å²) in [4.78, 5) is 4.64. The highest BCUT2D eigenvalue weighted by atomic mass is 16.7. The number of H-pyrrole nitrogens is 1. The van der Waals surface area contributed by atoms with Gasteiger partial charge in [-0.25, -0.2) is 4.98 Å². The van der Waals surface area contributed by atoms with Crippen LogP contribution < -0.4 is 9.47 Å². The van der Waals surface area contributed by atoms with Crippen LogP contribution in [0.3, 0.4) is 0 Å². The first-order valence-electron chi connectivity index (χ1n) is 7.39. The third-order valence-corrected chi connectivity index (χ3v) is 3.67. The van der Waals surface area contributed by atoms with Crippen molar-refractivity contribution in [2.75, 3.05) is 6.79 Å². The molecule has 1 aliphatic heterocycles. The van der Waals surface area contributed by atoms with Crippen molar-refractivity contribution in [3.63, 3.8) is 0 Å². The molecule has 2 aromatic heterocycles. The summed E-state index contributed by atoms with van der Waals surface area (Å²) in [6, 6.07) is 11.8. The molecule has 0 bridgehead atoms. The molecule has 1 aliphatic rings. The number of pyridine rings is 1. The van der Waals surface area contributed by atoms with E-state index < -0.39 is 0 Å². The van der Waals surface area contributed by atoms with Crippen molar-refractivity contribution in [3.8, 4) is 34.0 Å². The molecule has 0 radical (unpaired) electrons. The van der Waals surface area contributed by atoms with Gasteiger partial charge in [-0.1, -0.05) is 18.2 Å². The molecule has 0 aliphatic carbocycles. The standard InChI is InChI=1S/C18H15N3O2/c1-2-4-13-5-3-6-15(20-13)18-14(10-19-21-18)12-7-8-16-17(9-12)23-11-22-16/h2-10H,11H2,1H3,(H,19,21). The number of allylic oxidation sites excluding steroid dienone is 1. The van der Waals surface area contributed by atoms with Crippen LogP contribution in [0.1, 0.15) is 12.6 Å². The second-order valence-corrected chi connectivity index (χ2v) is 5.16. The van der Waals surface area contributed by atoms with Crippen LogP contribution in [-0.2, 0) is 0 Å². The van der Waals surface area contributed by atoms with Crippen LogP contribution in [0.15, 0.2) is 48.7 Å². The van der Waals surface area contributed by atoms with E-state index in [-0.39, 0.29) is 6.79 Å². The monoisotopic (exact) mass is 305 g/mol. The Labute approximate surface area is 133 Å². The first-order valence-corrected chi connectivity index (χ1v) is 7.39. The number of aromatic amines is 1. The number of rotatable bonds is 3. The van der Waals surface area contributed by atoms with E-state index in [4.69, 9.17) is 9.47 Å². The number of nitrogens with zero attached hydrogens (tertiary/aromatic N) is 2. The molecule has 0 spiro atoms. The highest BCUT2D eigenvalue weighted by molar-refractivity contribution is 5.80. The van der Waals surface area contributed by atoms with Gasteiger partial charge in [-0.05, 0) is 42.8 Å². The fraction of sp³-hybridized carbons (Fsp3) is 0.111. The third kappa shape index (κ3) is 2.46. The van der Waals surface area contributed by atoms with E-state index in [0.717, 1.165) is 39.7 Å². The maximum atomic E-state index is 5.46. The minimum atomic E-state index is 0.268. The van der Waals surface area contributed by atoms with Gasteiger partial charge in [0.05, 0.1) is 11.4 Å². The zero-order valence-electron chi connectivity index (χ0n) is 12.6. The number of fused-ring (bicyclic) bond motifs is 1. The number of hydrogen-bond acceptors (Lipinski definition) is 4. The van der Waals surface area contributed by atoms with Crippen molar-refractivity contribution in [1.29, 1.82) is 0 Å². The zero-order valence-corrected chi connectivity index (χ0v) is 12.6. The van der Waals surface area contributed by atoms with Crippen LogP contribution in [0.2, 0.25) is 0 Å². The Balaban J connectivity index is 1.78. The van der Waals surface area contributed by atoms with E-state index in [1.54, 1.807) is 0 Å². The second-order valence-electron chi connectivity index (χ2n) is 5.16. The summed E-state index contributed by atoms with van der Waals surface area (Å²) in [5.41, 5.74) is 4.54. The van der Waals surface area contributed by atoms with Crippen LogP contribution in [0.5, 0.6) is 11.5 Å². The fourth-order valence-corrected chi connectivity index (χ4v) is 2.62. The zero-order chi connectivity index (χ0) is 15.6. The van der Waals surface area contributed by atoms with Gasteiger partial charge in [-0.15, -0.1) is 0 Å². The Hall–Kier alpha value is -3.08. The predicted octanol–water partition coefficient (Wildman–Crippen LogP) is 3.90. The average Bonchev–Trinajstić information content (AvgIpc) is 3.24. The average molecular weight is 305 g/mol. The van der Waals surface area contributed by atoms with Crippen molar-refractivity contribution in [2.45, 2.75) is 6.92 Å². The van der Waals surface area contributed by atoms with E-state index in [2.05, 4.69) is 15.2 Å². The molecule has 0 saturated carbocycles. The lowest BCUT2D eigenvalue weighted by Crippen LogP contribution is -1.92. The molecule has 3 heterocycles. The van der Waals surface area contributed by atoms with E-state index in [9.17, 15) is 0 Å². The van der Waals surface area contributed by atoms with Crippen molar-refractivity contribution in [3.05, 3.63) is 54.4 Å². The molecule has 114 valence electrons. The molecule has 0 amide bonds. The maximum absolute atomic E-state index is 5.46. The highest BCUT2D eigenvalue weighted by Crippen LogP contribution is 2.38. The van der Waals surface area contributed by atoms with Crippen LogP contribution in [0.4, 0.5) is 0 Å². The Morgan fingerprint density at radius 2 is 2.04 bits per heavy atom. The van der Waals surface area contributed by atoms with Crippen LogP contribution in [-0.4, -0.2) is 22.0 Å². The Kier molecular flexibility index (Phi) is 3.31. The first-order chi connectivity index (χ1) is 11.3. The molecule has 0 unspecified atom stereocenters. The lowest BCUT2D eigenvalue weighted by molar-refractivity contribution is 0.174. The van der Waals surface area contributed by atoms with Crippen LogP contribution in [0, 0.1) is 0 Å². The molecule has 1 aromatic carbocycles. The summed E-state index contributed by atoms with van der Waals surface area (Å²) in [6.07, 6.45) is 5.81. The van der Waals surface area contributed by atoms with E-state index >= 15 is 0 Å². The van der Waals surface area contributed by atoms with Gasteiger partial charge in [-0.2, -0.15) is 5.10 Å². The number of aromatic nitrogens is 3. The molecule has 1 N–H and O–H groups in total. The van der Waals surface area contributed by atoms with Crippen LogP contribution >= 0.6 is 0 Å². The molecule has 3 aromatic rings. The number of benzene rings is 1. The van der Waals surface area contributed by atoms with Gasteiger partial charge in [0.1, 0.15) is 5.69 Å². The molecule has 0 atom stereocenters. The first kappa shape index (κ1) is 13.6. The molecule has 5 nitrogen and oxygen atoms in total. The third-order valence-electron chi connectivity index (χ3n) is 3.67. The summed E-state index contributed by atoms with van der Waals surface area (Å²) in [6.45, 7) is 2.24. The summed E-state index contributed by atoms with van der Waals surface area (Å²) < 4.78 is 10.8. The van der Waals surface area contributed by atoms with Crippen molar-refractivity contribution < 1.29 is 9.47 Å². The van der Waals surface area contributed by atoms with Crippen molar-refractivity contribution >= 4 is 6.08 Å². The molecule has 4 rings (SSSR count). The molecule has 0 fully saturated rings. The second kappa shape index (κ2) is 5.61. The van der Waals surface area contributed by atoms with Gasteiger partial charge in [0.25, 0.3) is 0 Å². The van der Waals surface area contributed by atoms with Gasteiger partial charge < -0.3 is 9.47 Å². The topological polar surface area (TPSA) is 60.0 Å². The molecule has 23 heavy (non-hydrogen) atoms. The van der Waals surface area contributed by atoms with Gasteiger partial charge in [0, 0.05) is 11.8 Å². The molecular weight excluding hydrogens is 290 g/mol. The minimum Gasteiger partial charge on any atom is -0.454 e. The van der Waals surface area contributed by atoms with Gasteiger partial charge in [0.2, 0.25) is 6.79 Å². The normalized spacial score (nSPS) is 12.9. The SMILES string of the molecule is CC=Cc1cccc(-c2n[nH]cc2-c2ccc3c(c2)OCO3)n1. The van der Waals surface area contributed by atoms with Gasteiger partial charge in [0.15, 0.2) is 11.5 Å². The van der Waals surface area contributed by atoms with Gasteiger partial charge in [-0.3, -0.25) is 5.10 Å². The summed E-state index contributed by atoms with van der Waals surface area (Å²) in [5, 5.41) is 7.31. The Bertz CT molecular complexity index is 883. The molecule has 0 saturated heterocycles. The highest BCUT2D eigenvalue weighted by Gasteiger charge is 2.17. The van der Waals surface area contributed by atoms with E-state index in [0.29, 0.717) is 0 Å².